The van der Waals surface area contributed by atoms with Crippen molar-refractivity contribution in [3.8, 4) is 0 Å². The van der Waals surface area contributed by atoms with Gasteiger partial charge in [-0.2, -0.15) is 0 Å². The average molecular weight is 249 g/mol. The zero-order valence-electron chi connectivity index (χ0n) is 4.80. The molecule has 0 aromatic rings. The Morgan fingerprint density at radius 3 is 1.33 bits per heavy atom. The van der Waals surface area contributed by atoms with Crippen LogP contribution in [0.25, 0.3) is 0 Å². The van der Waals surface area contributed by atoms with Crippen molar-refractivity contribution in [2.75, 3.05) is 0 Å². The van der Waals surface area contributed by atoms with E-state index in [-0.39, 0.29) is 54.5 Å². The van der Waals surface area contributed by atoms with Crippen molar-refractivity contribution in [3.63, 3.8) is 0 Å². The molecule has 0 N–H and O–H groups in total. The molecule has 0 aromatic carbocycles. The number of ether oxygens (including phenoxy) is 1. The van der Waals surface area contributed by atoms with Gasteiger partial charge in [0, 0.05) is 49.4 Å². The van der Waals surface area contributed by atoms with Crippen molar-refractivity contribution in [1.29, 1.82) is 0 Å². The molecule has 9 heavy (non-hydrogen) atoms. The fourth-order valence-electron chi connectivity index (χ4n) is 0.202. The van der Waals surface area contributed by atoms with Crippen LogP contribution in [-0.2, 0) is 14.3 Å². The summed E-state index contributed by atoms with van der Waals surface area (Å²) in [5, 5.41) is 0. The molecule has 0 rings (SSSR count). The first-order chi connectivity index (χ1) is 3.13. The van der Waals surface area contributed by atoms with Gasteiger partial charge >= 0.3 is 30.8 Å². The molecule has 45 valence electrons. The quantitative estimate of drug-likeness (QED) is 0.328. The van der Waals surface area contributed by atoms with Gasteiger partial charge < -0.3 is 4.74 Å². The minimum absolute atomic E-state index is 0. The zero-order chi connectivity index (χ0) is 5.86. The Hall–Kier alpha value is 0.932. The fraction of sp³-hybridized carbons (Fsp3) is 0.500. The SMILES string of the molecule is CC(=O)OC(C)=O.[La].[LiH]. The first kappa shape index (κ1) is 16.5. The van der Waals surface area contributed by atoms with Gasteiger partial charge in [0.25, 0.3) is 0 Å². The third-order valence-corrected chi connectivity index (χ3v) is 0.287. The van der Waals surface area contributed by atoms with E-state index in [1.165, 1.54) is 13.8 Å². The Balaban J connectivity index is -0.000000180. The molecular formula is C4H7LaLiO3. The van der Waals surface area contributed by atoms with Crippen LogP contribution in [-0.4, -0.2) is 30.8 Å². The van der Waals surface area contributed by atoms with Crippen LogP contribution in [0.15, 0.2) is 0 Å². The third kappa shape index (κ3) is 17.6. The Labute approximate surface area is 93.7 Å². The molecule has 0 saturated heterocycles. The molecule has 0 aromatic heterocycles. The van der Waals surface area contributed by atoms with Crippen LogP contribution in [0.1, 0.15) is 13.8 Å². The van der Waals surface area contributed by atoms with E-state index in [9.17, 15) is 9.59 Å². The molecule has 0 heterocycles. The predicted octanol–water partition coefficient (Wildman–Crippen LogP) is -0.552. The number of carbonyl (C=O) groups is 2. The molecule has 0 aliphatic heterocycles. The molecule has 0 aliphatic carbocycles. The summed E-state index contributed by atoms with van der Waals surface area (Å²) in [5.74, 6) is -1.12. The van der Waals surface area contributed by atoms with E-state index in [1.54, 1.807) is 0 Å². The second-order valence-corrected chi connectivity index (χ2v) is 1.09. The van der Waals surface area contributed by atoms with E-state index >= 15 is 0 Å². The second kappa shape index (κ2) is 8.93. The first-order valence-electron chi connectivity index (χ1n) is 1.82. The van der Waals surface area contributed by atoms with E-state index in [0.29, 0.717) is 0 Å². The molecule has 3 nitrogen and oxygen atoms in total. The molecule has 0 saturated carbocycles. The topological polar surface area (TPSA) is 43.4 Å². The van der Waals surface area contributed by atoms with Crippen molar-refractivity contribution in [2.45, 2.75) is 13.8 Å². The van der Waals surface area contributed by atoms with E-state index < -0.39 is 11.9 Å². The second-order valence-electron chi connectivity index (χ2n) is 1.09. The van der Waals surface area contributed by atoms with E-state index in [2.05, 4.69) is 4.74 Å². The molecule has 5 heteroatoms. The Morgan fingerprint density at radius 2 is 1.33 bits per heavy atom. The summed E-state index contributed by atoms with van der Waals surface area (Å²) in [6.07, 6.45) is 0. The van der Waals surface area contributed by atoms with Crippen LogP contribution in [0, 0.1) is 35.6 Å². The Morgan fingerprint density at radius 1 is 1.11 bits per heavy atom. The van der Waals surface area contributed by atoms with Crippen LogP contribution in [0.5, 0.6) is 0 Å². The van der Waals surface area contributed by atoms with Gasteiger partial charge in [-0.1, -0.05) is 0 Å². The minimum atomic E-state index is -0.562. The summed E-state index contributed by atoms with van der Waals surface area (Å²) in [5.41, 5.74) is 0. The summed E-state index contributed by atoms with van der Waals surface area (Å²) in [4.78, 5) is 19.6. The van der Waals surface area contributed by atoms with Gasteiger partial charge in [-0.15, -0.1) is 0 Å². The van der Waals surface area contributed by atoms with Gasteiger partial charge in [-0.3, -0.25) is 9.59 Å². The van der Waals surface area contributed by atoms with Crippen molar-refractivity contribution < 1.29 is 49.9 Å². The molecule has 0 bridgehead atoms. The van der Waals surface area contributed by atoms with Crippen LogP contribution in [0.3, 0.4) is 0 Å². The average Bonchev–Trinajstić information content (AvgIpc) is 1.27. The van der Waals surface area contributed by atoms with Crippen LogP contribution in [0.4, 0.5) is 0 Å². The monoisotopic (exact) mass is 249 g/mol. The van der Waals surface area contributed by atoms with Gasteiger partial charge in [-0.25, -0.2) is 0 Å². The maximum atomic E-state index is 9.81. The third-order valence-electron chi connectivity index (χ3n) is 0.287. The molecular weight excluding hydrogens is 242 g/mol. The number of carbonyl (C=O) groups excluding carboxylic acids is 2. The van der Waals surface area contributed by atoms with Crippen LogP contribution < -0.4 is 0 Å². The molecule has 0 unspecified atom stereocenters. The van der Waals surface area contributed by atoms with E-state index in [0.717, 1.165) is 0 Å². The fourth-order valence-corrected chi connectivity index (χ4v) is 0.202. The number of rotatable bonds is 0. The van der Waals surface area contributed by atoms with Gasteiger partial charge in [-0.05, 0) is 0 Å². The van der Waals surface area contributed by atoms with E-state index in [4.69, 9.17) is 0 Å². The predicted molar refractivity (Wildman–Crippen MR) is 29.6 cm³/mol. The van der Waals surface area contributed by atoms with Crippen molar-refractivity contribution >= 4 is 30.8 Å². The standard InChI is InChI=1S/C4H6O3.La.Li.H/c1-3(5)7-4(2)6;;;/h1-2H3;;;. The van der Waals surface area contributed by atoms with Crippen molar-refractivity contribution in [1.82, 2.24) is 0 Å². The Kier molecular flexibility index (Phi) is 16.4. The van der Waals surface area contributed by atoms with Gasteiger partial charge in [0.15, 0.2) is 0 Å². The number of hydrogen-bond donors (Lipinski definition) is 0. The molecule has 0 fully saturated rings. The van der Waals surface area contributed by atoms with Crippen molar-refractivity contribution in [2.24, 2.45) is 0 Å². The normalized spacial score (nSPS) is 6.00. The zero-order valence-corrected chi connectivity index (χ0v) is 8.43. The summed E-state index contributed by atoms with van der Waals surface area (Å²) >= 11 is 0. The molecule has 0 atom stereocenters. The van der Waals surface area contributed by atoms with Gasteiger partial charge in [0.2, 0.25) is 0 Å². The molecule has 0 spiro atoms. The number of esters is 2. The van der Waals surface area contributed by atoms with E-state index in [1.807, 2.05) is 0 Å². The van der Waals surface area contributed by atoms with Crippen molar-refractivity contribution in [3.05, 3.63) is 0 Å². The summed E-state index contributed by atoms with van der Waals surface area (Å²) in [7, 11) is 0. The molecule has 0 amide bonds. The van der Waals surface area contributed by atoms with Crippen LogP contribution in [0.2, 0.25) is 0 Å². The summed E-state index contributed by atoms with van der Waals surface area (Å²) in [6.45, 7) is 2.36. The van der Waals surface area contributed by atoms with Crippen LogP contribution >= 0.6 is 0 Å². The Bertz CT molecular complexity index is 92.0. The first-order valence-corrected chi connectivity index (χ1v) is 1.82. The van der Waals surface area contributed by atoms with Gasteiger partial charge in [0.1, 0.15) is 0 Å². The molecule has 0 aliphatic rings. The summed E-state index contributed by atoms with van der Waals surface area (Å²) in [6, 6.07) is 0. The summed E-state index contributed by atoms with van der Waals surface area (Å²) < 4.78 is 3.97. The maximum absolute atomic E-state index is 9.81. The number of hydrogen-bond acceptors (Lipinski definition) is 3. The molecule has 1 radical (unpaired) electrons. The van der Waals surface area contributed by atoms with Gasteiger partial charge in [0.05, 0.1) is 0 Å².